The summed E-state index contributed by atoms with van der Waals surface area (Å²) in [5.41, 5.74) is 3.10. The third-order valence-corrected chi connectivity index (χ3v) is 4.25. The minimum absolute atomic E-state index is 0.188. The van der Waals surface area contributed by atoms with Gasteiger partial charge in [0.1, 0.15) is 5.70 Å². The molecule has 1 N–H and O–H groups in total. The van der Waals surface area contributed by atoms with Crippen molar-refractivity contribution in [1.82, 2.24) is 5.32 Å². The molecule has 0 atom stereocenters. The molecular weight excluding hydrogens is 348 g/mol. The van der Waals surface area contributed by atoms with E-state index < -0.39 is 0 Å². The second-order valence-corrected chi connectivity index (χ2v) is 6.19. The van der Waals surface area contributed by atoms with Crippen LogP contribution in [-0.4, -0.2) is 24.7 Å². The third kappa shape index (κ3) is 3.55. The van der Waals surface area contributed by atoms with E-state index in [4.69, 9.17) is 21.7 Å². The molecule has 1 heterocycles. The van der Waals surface area contributed by atoms with Crippen LogP contribution in [0.5, 0.6) is 11.5 Å². The molecule has 0 aromatic heterocycles. The van der Waals surface area contributed by atoms with Crippen LogP contribution in [0.15, 0.2) is 48.2 Å². The molecule has 26 heavy (non-hydrogen) atoms. The van der Waals surface area contributed by atoms with E-state index in [9.17, 15) is 4.79 Å². The maximum absolute atomic E-state index is 12.8. The minimum atomic E-state index is -0.188. The predicted molar refractivity (Wildman–Crippen MR) is 107 cm³/mol. The van der Waals surface area contributed by atoms with Gasteiger partial charge in [-0.15, -0.1) is 0 Å². The number of ether oxygens (including phenoxy) is 2. The molecule has 0 saturated carbocycles. The molecule has 5 nitrogen and oxygen atoms in total. The van der Waals surface area contributed by atoms with Gasteiger partial charge in [0.25, 0.3) is 5.91 Å². The van der Waals surface area contributed by atoms with Gasteiger partial charge in [-0.25, -0.2) is 0 Å². The summed E-state index contributed by atoms with van der Waals surface area (Å²) in [6, 6.07) is 13.2. The number of benzene rings is 2. The number of carbonyl (C=O) groups is 1. The van der Waals surface area contributed by atoms with E-state index in [1.54, 1.807) is 13.2 Å². The van der Waals surface area contributed by atoms with Gasteiger partial charge >= 0.3 is 0 Å². The number of hydrogen-bond acceptors (Lipinski definition) is 4. The van der Waals surface area contributed by atoms with Crippen molar-refractivity contribution in [2.75, 3.05) is 18.6 Å². The molecule has 0 unspecified atom stereocenters. The van der Waals surface area contributed by atoms with Gasteiger partial charge in [-0.3, -0.25) is 9.69 Å². The van der Waals surface area contributed by atoms with Crippen LogP contribution in [0.4, 0.5) is 5.69 Å². The Balaban J connectivity index is 1.89. The molecule has 0 spiro atoms. The summed E-state index contributed by atoms with van der Waals surface area (Å²) < 4.78 is 10.9. The number of carbonyl (C=O) groups excluding carboxylic acids is 1. The fourth-order valence-corrected chi connectivity index (χ4v) is 2.98. The van der Waals surface area contributed by atoms with Gasteiger partial charge < -0.3 is 14.8 Å². The molecule has 2 aromatic rings. The molecule has 0 bridgehead atoms. The second kappa shape index (κ2) is 7.58. The largest absolute Gasteiger partial charge is 0.493 e. The molecule has 1 saturated heterocycles. The van der Waals surface area contributed by atoms with E-state index >= 15 is 0 Å². The topological polar surface area (TPSA) is 50.8 Å². The highest BCUT2D eigenvalue weighted by Gasteiger charge is 2.31. The van der Waals surface area contributed by atoms with Crippen molar-refractivity contribution in [3.05, 3.63) is 59.3 Å². The molecule has 1 aliphatic heterocycles. The highest BCUT2D eigenvalue weighted by atomic mass is 32.1. The van der Waals surface area contributed by atoms with Gasteiger partial charge in [0.15, 0.2) is 16.6 Å². The Morgan fingerprint density at radius 3 is 2.54 bits per heavy atom. The van der Waals surface area contributed by atoms with Gasteiger partial charge in [0.2, 0.25) is 0 Å². The molecule has 6 heteroatoms. The van der Waals surface area contributed by atoms with Crippen LogP contribution in [-0.2, 0) is 4.79 Å². The zero-order valence-corrected chi connectivity index (χ0v) is 15.7. The van der Waals surface area contributed by atoms with Crippen LogP contribution in [0, 0.1) is 6.92 Å². The molecule has 1 amide bonds. The van der Waals surface area contributed by atoms with Crippen LogP contribution in [0.3, 0.4) is 0 Å². The Morgan fingerprint density at radius 1 is 1.15 bits per heavy atom. The summed E-state index contributed by atoms with van der Waals surface area (Å²) in [5.74, 6) is 1.09. The van der Waals surface area contributed by atoms with E-state index in [2.05, 4.69) is 5.32 Å². The number of aryl methyl sites for hydroxylation is 1. The Bertz CT molecular complexity index is 875. The fraction of sp³-hybridized carbons (Fsp3) is 0.200. The maximum Gasteiger partial charge on any atom is 0.281 e. The summed E-state index contributed by atoms with van der Waals surface area (Å²) in [6.45, 7) is 4.46. The normalized spacial score (nSPS) is 15.3. The van der Waals surface area contributed by atoms with Crippen molar-refractivity contribution in [1.29, 1.82) is 0 Å². The standard InChI is InChI=1S/C20H20N2O3S/c1-4-25-17-10-7-14(12-18(17)24-3)11-16-19(23)22(20(26)21-16)15-8-5-13(2)6-9-15/h5-12H,4H2,1-3H3,(H,21,26)/b16-11-. The Morgan fingerprint density at radius 2 is 1.88 bits per heavy atom. The van der Waals surface area contributed by atoms with E-state index in [-0.39, 0.29) is 5.91 Å². The quantitative estimate of drug-likeness (QED) is 0.645. The first-order valence-corrected chi connectivity index (χ1v) is 8.69. The fourth-order valence-electron chi connectivity index (χ4n) is 2.68. The highest BCUT2D eigenvalue weighted by molar-refractivity contribution is 7.80. The van der Waals surface area contributed by atoms with Gasteiger partial charge in [-0.05, 0) is 62.0 Å². The summed E-state index contributed by atoms with van der Waals surface area (Å²) >= 11 is 5.34. The zero-order chi connectivity index (χ0) is 18.7. The lowest BCUT2D eigenvalue weighted by Crippen LogP contribution is -2.30. The SMILES string of the molecule is CCOc1ccc(/C=C2\NC(=S)N(c3ccc(C)cc3)C2=O)cc1OC. The lowest BCUT2D eigenvalue weighted by molar-refractivity contribution is -0.113. The monoisotopic (exact) mass is 368 g/mol. The van der Waals surface area contributed by atoms with Crippen LogP contribution in [0.1, 0.15) is 18.1 Å². The maximum atomic E-state index is 12.8. The van der Waals surface area contributed by atoms with Crippen molar-refractivity contribution in [2.45, 2.75) is 13.8 Å². The Kier molecular flexibility index (Phi) is 5.23. The van der Waals surface area contributed by atoms with Crippen molar-refractivity contribution in [2.24, 2.45) is 0 Å². The van der Waals surface area contributed by atoms with E-state index in [0.717, 1.165) is 16.8 Å². The first kappa shape index (κ1) is 17.9. The number of amides is 1. The Labute approximate surface area is 158 Å². The molecule has 3 rings (SSSR count). The molecule has 0 aliphatic carbocycles. The van der Waals surface area contributed by atoms with E-state index in [1.165, 1.54) is 4.90 Å². The number of nitrogens with one attached hydrogen (secondary N) is 1. The van der Waals surface area contributed by atoms with Crippen molar-refractivity contribution in [3.63, 3.8) is 0 Å². The summed E-state index contributed by atoms with van der Waals surface area (Å²) in [7, 11) is 1.59. The average molecular weight is 368 g/mol. The number of hydrogen-bond donors (Lipinski definition) is 1. The number of anilines is 1. The molecule has 2 aromatic carbocycles. The van der Waals surface area contributed by atoms with E-state index in [0.29, 0.717) is 28.9 Å². The average Bonchev–Trinajstić information content (AvgIpc) is 2.91. The molecular formula is C20H20N2O3S. The summed E-state index contributed by atoms with van der Waals surface area (Å²) in [4.78, 5) is 14.3. The van der Waals surface area contributed by atoms with Gasteiger partial charge in [0.05, 0.1) is 19.4 Å². The minimum Gasteiger partial charge on any atom is -0.493 e. The first-order chi connectivity index (χ1) is 12.5. The van der Waals surface area contributed by atoms with Crippen LogP contribution in [0.25, 0.3) is 6.08 Å². The Hall–Kier alpha value is -2.86. The zero-order valence-electron chi connectivity index (χ0n) is 14.9. The molecule has 1 fully saturated rings. The van der Waals surface area contributed by atoms with Crippen LogP contribution < -0.4 is 19.7 Å². The van der Waals surface area contributed by atoms with Crippen LogP contribution >= 0.6 is 12.2 Å². The number of methoxy groups -OCH3 is 1. The van der Waals surface area contributed by atoms with E-state index in [1.807, 2.05) is 56.3 Å². The lowest BCUT2D eigenvalue weighted by atomic mass is 10.1. The predicted octanol–water partition coefficient (Wildman–Crippen LogP) is 3.66. The molecule has 1 aliphatic rings. The summed E-state index contributed by atoms with van der Waals surface area (Å²) in [5, 5.41) is 3.35. The number of thiocarbonyl (C=S) groups is 1. The van der Waals surface area contributed by atoms with Crippen molar-refractivity contribution >= 4 is 35.0 Å². The molecule has 0 radical (unpaired) electrons. The van der Waals surface area contributed by atoms with Gasteiger partial charge in [0, 0.05) is 0 Å². The van der Waals surface area contributed by atoms with Crippen molar-refractivity contribution < 1.29 is 14.3 Å². The van der Waals surface area contributed by atoms with Gasteiger partial charge in [-0.2, -0.15) is 0 Å². The third-order valence-electron chi connectivity index (χ3n) is 3.97. The molecule has 134 valence electrons. The number of rotatable bonds is 5. The van der Waals surface area contributed by atoms with Gasteiger partial charge in [-0.1, -0.05) is 23.8 Å². The lowest BCUT2D eigenvalue weighted by Gasteiger charge is -2.14. The summed E-state index contributed by atoms with van der Waals surface area (Å²) in [6.07, 6.45) is 1.75. The second-order valence-electron chi connectivity index (χ2n) is 5.81. The van der Waals surface area contributed by atoms with Crippen LogP contribution in [0.2, 0.25) is 0 Å². The smallest absolute Gasteiger partial charge is 0.281 e. The first-order valence-electron chi connectivity index (χ1n) is 8.28. The number of nitrogens with zero attached hydrogens (tertiary/aromatic N) is 1. The highest BCUT2D eigenvalue weighted by Crippen LogP contribution is 2.29. The van der Waals surface area contributed by atoms with Crippen molar-refractivity contribution in [3.8, 4) is 11.5 Å².